The number of para-hydroxylation sites is 1. The molecule has 7 heteroatoms. The Balaban J connectivity index is 1.56. The van der Waals surface area contributed by atoms with Gasteiger partial charge in [-0.1, -0.05) is 43.3 Å². The molecule has 4 rings (SSSR count). The van der Waals surface area contributed by atoms with E-state index in [-0.39, 0.29) is 6.54 Å². The summed E-state index contributed by atoms with van der Waals surface area (Å²) >= 11 is 0. The highest BCUT2D eigenvalue weighted by Gasteiger charge is 2.49. The van der Waals surface area contributed by atoms with E-state index in [9.17, 15) is 14.4 Å². The lowest BCUT2D eigenvalue weighted by atomic mass is 9.90. The van der Waals surface area contributed by atoms with Crippen LogP contribution in [0.4, 0.5) is 10.5 Å². The normalized spacial score (nSPS) is 17.9. The number of hydrogen-bond acceptors (Lipinski definition) is 4. The van der Waals surface area contributed by atoms with E-state index in [0.29, 0.717) is 5.56 Å². The van der Waals surface area contributed by atoms with E-state index < -0.39 is 23.4 Å². The van der Waals surface area contributed by atoms with E-state index in [1.54, 1.807) is 14.0 Å². The van der Waals surface area contributed by atoms with Crippen molar-refractivity contribution in [1.29, 1.82) is 0 Å². The standard InChI is InChI=1S/C26H27N3O4/c1-5-17-8-6-7-16(2)23(17)27-22(30)15-29-24(31)26(3,28-25(29)32)20-11-9-19-14-21(33-4)12-10-18(19)13-20/h6-14H,5,15H2,1-4H3,(H,27,30)(H,28,32)/t26-/m1/s1. The number of anilines is 1. The molecular weight excluding hydrogens is 418 g/mol. The van der Waals surface area contributed by atoms with Crippen molar-refractivity contribution < 1.29 is 19.1 Å². The highest BCUT2D eigenvalue weighted by Crippen LogP contribution is 2.32. The molecule has 0 aromatic heterocycles. The van der Waals surface area contributed by atoms with Gasteiger partial charge in [-0.2, -0.15) is 0 Å². The molecule has 33 heavy (non-hydrogen) atoms. The number of ether oxygens (including phenoxy) is 1. The lowest BCUT2D eigenvalue weighted by Crippen LogP contribution is -2.42. The molecular formula is C26H27N3O4. The van der Waals surface area contributed by atoms with Crippen molar-refractivity contribution in [1.82, 2.24) is 10.2 Å². The minimum atomic E-state index is -1.26. The van der Waals surface area contributed by atoms with E-state index in [0.717, 1.165) is 44.7 Å². The Morgan fingerprint density at radius 1 is 1.09 bits per heavy atom. The van der Waals surface area contributed by atoms with Gasteiger partial charge in [-0.3, -0.25) is 14.5 Å². The summed E-state index contributed by atoms with van der Waals surface area (Å²) in [7, 11) is 1.61. The summed E-state index contributed by atoms with van der Waals surface area (Å²) in [6.07, 6.45) is 0.756. The van der Waals surface area contributed by atoms with E-state index in [4.69, 9.17) is 4.74 Å². The third-order valence-electron chi connectivity index (χ3n) is 6.21. The number of nitrogens with zero attached hydrogens (tertiary/aromatic N) is 1. The molecule has 1 aliphatic rings. The summed E-state index contributed by atoms with van der Waals surface area (Å²) < 4.78 is 5.26. The molecule has 3 aromatic rings. The van der Waals surface area contributed by atoms with Gasteiger partial charge >= 0.3 is 6.03 Å². The number of carbonyl (C=O) groups is 3. The Kier molecular flexibility index (Phi) is 5.80. The monoisotopic (exact) mass is 445 g/mol. The van der Waals surface area contributed by atoms with Crippen molar-refractivity contribution in [2.75, 3.05) is 19.0 Å². The number of nitrogens with one attached hydrogen (secondary N) is 2. The van der Waals surface area contributed by atoms with Crippen LogP contribution in [0.5, 0.6) is 5.75 Å². The number of carbonyl (C=O) groups excluding carboxylic acids is 3. The number of aryl methyl sites for hydroxylation is 2. The molecule has 0 spiro atoms. The SMILES string of the molecule is CCc1cccc(C)c1NC(=O)CN1C(=O)N[C@](C)(c2ccc3cc(OC)ccc3c2)C1=O. The van der Waals surface area contributed by atoms with Crippen molar-refractivity contribution in [3.05, 3.63) is 71.3 Å². The fraction of sp³-hybridized carbons (Fsp3) is 0.269. The van der Waals surface area contributed by atoms with Gasteiger partial charge in [0, 0.05) is 5.69 Å². The molecule has 0 aliphatic carbocycles. The first-order valence-electron chi connectivity index (χ1n) is 10.9. The topological polar surface area (TPSA) is 87.7 Å². The highest BCUT2D eigenvalue weighted by molar-refractivity contribution is 6.10. The zero-order valence-corrected chi connectivity index (χ0v) is 19.2. The Hall–Kier alpha value is -3.87. The molecule has 1 saturated heterocycles. The maximum atomic E-state index is 13.3. The summed E-state index contributed by atoms with van der Waals surface area (Å²) in [6.45, 7) is 5.22. The van der Waals surface area contributed by atoms with Gasteiger partial charge in [-0.25, -0.2) is 4.79 Å². The summed E-state index contributed by atoms with van der Waals surface area (Å²) in [5.74, 6) is -0.142. The van der Waals surface area contributed by atoms with Crippen LogP contribution >= 0.6 is 0 Å². The van der Waals surface area contributed by atoms with Gasteiger partial charge in [0.15, 0.2) is 0 Å². The smallest absolute Gasteiger partial charge is 0.325 e. The number of fused-ring (bicyclic) bond motifs is 1. The van der Waals surface area contributed by atoms with E-state index in [1.165, 1.54) is 0 Å². The second-order valence-corrected chi connectivity index (χ2v) is 8.39. The molecule has 2 N–H and O–H groups in total. The quantitative estimate of drug-likeness (QED) is 0.559. The van der Waals surface area contributed by atoms with Crippen LogP contribution in [0.2, 0.25) is 0 Å². The molecule has 3 aromatic carbocycles. The molecule has 170 valence electrons. The van der Waals surface area contributed by atoms with Gasteiger partial charge in [0.2, 0.25) is 5.91 Å². The number of imide groups is 1. The average molecular weight is 446 g/mol. The number of rotatable bonds is 6. The Morgan fingerprint density at radius 2 is 1.82 bits per heavy atom. The summed E-state index contributed by atoms with van der Waals surface area (Å²) in [5, 5.41) is 7.52. The first-order chi connectivity index (χ1) is 15.8. The maximum absolute atomic E-state index is 13.3. The Bertz CT molecular complexity index is 1270. The van der Waals surface area contributed by atoms with Gasteiger partial charge in [0.05, 0.1) is 7.11 Å². The average Bonchev–Trinajstić information content (AvgIpc) is 3.03. The molecule has 1 fully saturated rings. The number of hydrogen-bond donors (Lipinski definition) is 2. The summed E-state index contributed by atoms with van der Waals surface area (Å²) in [6, 6.07) is 16.4. The number of amides is 4. The van der Waals surface area contributed by atoms with Crippen LogP contribution in [-0.4, -0.2) is 36.4 Å². The lowest BCUT2D eigenvalue weighted by Gasteiger charge is -2.23. The van der Waals surface area contributed by atoms with Gasteiger partial charge < -0.3 is 15.4 Å². The van der Waals surface area contributed by atoms with Crippen LogP contribution in [-0.2, 0) is 21.5 Å². The van der Waals surface area contributed by atoms with E-state index >= 15 is 0 Å². The molecule has 7 nitrogen and oxygen atoms in total. The largest absolute Gasteiger partial charge is 0.497 e. The fourth-order valence-electron chi connectivity index (χ4n) is 4.22. The van der Waals surface area contributed by atoms with Crippen LogP contribution < -0.4 is 15.4 Å². The molecule has 0 saturated carbocycles. The van der Waals surface area contributed by atoms with Crippen molar-refractivity contribution in [2.45, 2.75) is 32.7 Å². The van der Waals surface area contributed by atoms with Crippen molar-refractivity contribution in [3.63, 3.8) is 0 Å². The van der Waals surface area contributed by atoms with Crippen molar-refractivity contribution in [2.24, 2.45) is 0 Å². The first kappa shape index (κ1) is 22.3. The zero-order valence-electron chi connectivity index (χ0n) is 19.2. The van der Waals surface area contributed by atoms with Gasteiger partial charge in [0.25, 0.3) is 5.91 Å². The predicted molar refractivity (Wildman–Crippen MR) is 127 cm³/mol. The second-order valence-electron chi connectivity index (χ2n) is 8.39. The Labute approximate surface area is 192 Å². The zero-order chi connectivity index (χ0) is 23.8. The van der Waals surface area contributed by atoms with Gasteiger partial charge in [-0.05, 0) is 65.9 Å². The third kappa shape index (κ3) is 4.02. The molecule has 1 atom stereocenters. The minimum absolute atomic E-state index is 0.359. The van der Waals surface area contributed by atoms with Crippen LogP contribution in [0.3, 0.4) is 0 Å². The minimum Gasteiger partial charge on any atom is -0.497 e. The molecule has 4 amide bonds. The van der Waals surface area contributed by atoms with Gasteiger partial charge in [-0.15, -0.1) is 0 Å². The third-order valence-corrected chi connectivity index (χ3v) is 6.21. The highest BCUT2D eigenvalue weighted by atomic mass is 16.5. The van der Waals surface area contributed by atoms with Gasteiger partial charge in [0.1, 0.15) is 17.8 Å². The molecule has 0 bridgehead atoms. The lowest BCUT2D eigenvalue weighted by molar-refractivity contribution is -0.133. The van der Waals surface area contributed by atoms with Crippen LogP contribution in [0.25, 0.3) is 10.8 Å². The summed E-state index contributed by atoms with van der Waals surface area (Å²) in [4.78, 5) is 39.7. The fourth-order valence-corrected chi connectivity index (χ4v) is 4.22. The van der Waals surface area contributed by atoms with Crippen molar-refractivity contribution in [3.8, 4) is 5.75 Å². The van der Waals surface area contributed by atoms with Crippen LogP contribution in [0, 0.1) is 6.92 Å². The second kappa shape index (κ2) is 8.58. The molecule has 0 radical (unpaired) electrons. The van der Waals surface area contributed by atoms with E-state index in [1.807, 2.05) is 68.4 Å². The molecule has 1 aliphatic heterocycles. The predicted octanol–water partition coefficient (Wildman–Crippen LogP) is 4.12. The number of urea groups is 1. The Morgan fingerprint density at radius 3 is 2.55 bits per heavy atom. The van der Waals surface area contributed by atoms with E-state index in [2.05, 4.69) is 10.6 Å². The molecule has 0 unspecified atom stereocenters. The van der Waals surface area contributed by atoms with Crippen LogP contribution in [0.15, 0.2) is 54.6 Å². The van der Waals surface area contributed by atoms with Crippen molar-refractivity contribution >= 4 is 34.3 Å². The number of benzene rings is 3. The summed E-state index contributed by atoms with van der Waals surface area (Å²) in [5.41, 5.74) is 2.04. The maximum Gasteiger partial charge on any atom is 0.325 e. The number of methoxy groups -OCH3 is 1. The van der Waals surface area contributed by atoms with Crippen LogP contribution in [0.1, 0.15) is 30.5 Å². The molecule has 1 heterocycles. The first-order valence-corrected chi connectivity index (χ1v) is 10.9.